The highest BCUT2D eigenvalue weighted by molar-refractivity contribution is 7.96. The molecule has 0 radical (unpaired) electrons. The normalized spacial score (nSPS) is 11.8. The van der Waals surface area contributed by atoms with Crippen LogP contribution in [-0.2, 0) is 0 Å². The topological polar surface area (TPSA) is 15.3 Å². The zero-order valence-electron chi connectivity index (χ0n) is 13.8. The van der Waals surface area contributed by atoms with Gasteiger partial charge in [-0.05, 0) is 25.7 Å². The first-order valence-electron chi connectivity index (χ1n) is 7.48. The number of rotatable bonds is 12. The van der Waals surface area contributed by atoms with Gasteiger partial charge in [-0.25, -0.2) is 0 Å². The lowest BCUT2D eigenvalue weighted by Gasteiger charge is -2.29. The van der Waals surface area contributed by atoms with Crippen molar-refractivity contribution in [3.05, 3.63) is 36.7 Å². The number of allylic oxidation sites excluding steroid dienone is 2. The van der Waals surface area contributed by atoms with Gasteiger partial charge in [0.15, 0.2) is 0 Å². The molecule has 116 valence electrons. The summed E-state index contributed by atoms with van der Waals surface area (Å²) in [6.07, 6.45) is 6.81. The Kier molecular flexibility index (Phi) is 10.4. The van der Waals surface area contributed by atoms with Crippen LogP contribution in [0, 0.1) is 5.92 Å². The first-order chi connectivity index (χ1) is 9.42. The van der Waals surface area contributed by atoms with Crippen molar-refractivity contribution in [2.24, 2.45) is 5.92 Å². The van der Waals surface area contributed by atoms with E-state index < -0.39 is 0 Å². The SMILES string of the molecule is C=C(C)CC(C)C(=C)N(CC(=C)NCCCCC)SC. The Bertz CT molecular complexity index is 323. The first kappa shape index (κ1) is 19.2. The van der Waals surface area contributed by atoms with E-state index in [1.165, 1.54) is 24.8 Å². The molecule has 0 aromatic rings. The van der Waals surface area contributed by atoms with Crippen molar-refractivity contribution < 1.29 is 0 Å². The molecule has 0 aliphatic heterocycles. The van der Waals surface area contributed by atoms with E-state index in [4.69, 9.17) is 0 Å². The quantitative estimate of drug-likeness (QED) is 0.311. The maximum absolute atomic E-state index is 4.24. The first-order valence-corrected chi connectivity index (χ1v) is 8.67. The Morgan fingerprint density at radius 3 is 2.40 bits per heavy atom. The van der Waals surface area contributed by atoms with Gasteiger partial charge in [0.2, 0.25) is 0 Å². The summed E-state index contributed by atoms with van der Waals surface area (Å²) >= 11 is 1.71. The molecular weight excluding hydrogens is 264 g/mol. The minimum Gasteiger partial charge on any atom is -0.387 e. The van der Waals surface area contributed by atoms with E-state index in [2.05, 4.69) is 56.4 Å². The lowest BCUT2D eigenvalue weighted by Crippen LogP contribution is -2.27. The van der Waals surface area contributed by atoms with Crippen LogP contribution in [0.2, 0.25) is 0 Å². The van der Waals surface area contributed by atoms with Crippen LogP contribution >= 0.6 is 11.9 Å². The summed E-state index contributed by atoms with van der Waals surface area (Å²) in [5.74, 6) is 0.424. The number of nitrogens with zero attached hydrogens (tertiary/aromatic N) is 1. The maximum Gasteiger partial charge on any atom is 0.0683 e. The average Bonchev–Trinajstić information content (AvgIpc) is 2.39. The van der Waals surface area contributed by atoms with Crippen molar-refractivity contribution in [2.75, 3.05) is 19.3 Å². The molecule has 3 heteroatoms. The molecule has 0 aromatic heterocycles. The van der Waals surface area contributed by atoms with Crippen LogP contribution in [0.3, 0.4) is 0 Å². The molecule has 1 N–H and O–H groups in total. The van der Waals surface area contributed by atoms with Crippen LogP contribution in [0.25, 0.3) is 0 Å². The van der Waals surface area contributed by atoms with E-state index in [0.29, 0.717) is 5.92 Å². The number of hydrogen-bond donors (Lipinski definition) is 1. The Morgan fingerprint density at radius 1 is 1.25 bits per heavy atom. The molecule has 20 heavy (non-hydrogen) atoms. The monoisotopic (exact) mass is 296 g/mol. The highest BCUT2D eigenvalue weighted by Gasteiger charge is 2.14. The summed E-state index contributed by atoms with van der Waals surface area (Å²) in [6.45, 7) is 20.7. The van der Waals surface area contributed by atoms with Crippen LogP contribution in [0.4, 0.5) is 0 Å². The molecule has 0 aromatic carbocycles. The molecule has 0 bridgehead atoms. The highest BCUT2D eigenvalue weighted by atomic mass is 32.2. The molecule has 0 amide bonds. The molecule has 0 rings (SSSR count). The second kappa shape index (κ2) is 10.9. The van der Waals surface area contributed by atoms with E-state index in [-0.39, 0.29) is 0 Å². The van der Waals surface area contributed by atoms with E-state index in [1.807, 2.05) is 0 Å². The average molecular weight is 297 g/mol. The fourth-order valence-corrected chi connectivity index (χ4v) is 2.74. The largest absolute Gasteiger partial charge is 0.387 e. The Labute approximate surface area is 130 Å². The van der Waals surface area contributed by atoms with Gasteiger partial charge in [0.1, 0.15) is 0 Å². The fourth-order valence-electron chi connectivity index (χ4n) is 2.04. The van der Waals surface area contributed by atoms with E-state index >= 15 is 0 Å². The van der Waals surface area contributed by atoms with Crippen LogP contribution < -0.4 is 5.32 Å². The molecule has 0 fully saturated rings. The third-order valence-corrected chi connectivity index (χ3v) is 4.06. The minimum atomic E-state index is 0.424. The van der Waals surface area contributed by atoms with Crippen molar-refractivity contribution in [2.45, 2.75) is 46.5 Å². The molecule has 0 spiro atoms. The van der Waals surface area contributed by atoms with Crippen molar-refractivity contribution in [3.8, 4) is 0 Å². The summed E-state index contributed by atoms with van der Waals surface area (Å²) in [5, 5.41) is 3.41. The number of nitrogens with one attached hydrogen (secondary N) is 1. The van der Waals surface area contributed by atoms with Gasteiger partial charge in [-0.2, -0.15) is 0 Å². The van der Waals surface area contributed by atoms with Crippen molar-refractivity contribution >= 4 is 11.9 Å². The predicted molar refractivity (Wildman–Crippen MR) is 94.6 cm³/mol. The Hall–Kier alpha value is -0.830. The van der Waals surface area contributed by atoms with Gasteiger partial charge in [0.05, 0.1) is 6.54 Å². The van der Waals surface area contributed by atoms with Gasteiger partial charge < -0.3 is 9.62 Å². The van der Waals surface area contributed by atoms with Crippen LogP contribution in [-0.4, -0.2) is 23.7 Å². The molecular formula is C17H32N2S. The number of unbranched alkanes of at least 4 members (excludes halogenated alkanes) is 2. The van der Waals surface area contributed by atoms with Crippen molar-refractivity contribution in [1.29, 1.82) is 0 Å². The maximum atomic E-state index is 4.24. The lowest BCUT2D eigenvalue weighted by atomic mass is 10.0. The Balaban J connectivity index is 4.21. The van der Waals surface area contributed by atoms with Crippen molar-refractivity contribution in [3.63, 3.8) is 0 Å². The lowest BCUT2D eigenvalue weighted by molar-refractivity contribution is 0.494. The number of hydrogen-bond acceptors (Lipinski definition) is 3. The summed E-state index contributed by atoms with van der Waals surface area (Å²) < 4.78 is 2.22. The summed E-state index contributed by atoms with van der Waals surface area (Å²) in [7, 11) is 0. The molecule has 2 nitrogen and oxygen atoms in total. The molecule has 1 atom stereocenters. The summed E-state index contributed by atoms with van der Waals surface area (Å²) in [5.41, 5.74) is 3.42. The van der Waals surface area contributed by atoms with E-state index in [9.17, 15) is 0 Å². The van der Waals surface area contributed by atoms with Gasteiger partial charge in [0, 0.05) is 24.2 Å². The van der Waals surface area contributed by atoms with Gasteiger partial charge in [0.25, 0.3) is 0 Å². The van der Waals surface area contributed by atoms with E-state index in [0.717, 1.165) is 30.9 Å². The van der Waals surface area contributed by atoms with E-state index in [1.54, 1.807) is 11.9 Å². The smallest absolute Gasteiger partial charge is 0.0683 e. The summed E-state index contributed by atoms with van der Waals surface area (Å²) in [4.78, 5) is 0. The molecule has 0 aliphatic rings. The second-order valence-electron chi connectivity index (χ2n) is 5.51. The molecule has 0 saturated heterocycles. The van der Waals surface area contributed by atoms with Crippen LogP contribution in [0.5, 0.6) is 0 Å². The zero-order chi connectivity index (χ0) is 15.5. The van der Waals surface area contributed by atoms with Crippen LogP contribution in [0.1, 0.15) is 46.5 Å². The molecule has 0 saturated carbocycles. The predicted octanol–water partition coefficient (Wildman–Crippen LogP) is 4.98. The molecule has 0 heterocycles. The minimum absolute atomic E-state index is 0.424. The third-order valence-electron chi connectivity index (χ3n) is 3.25. The molecule has 1 unspecified atom stereocenters. The van der Waals surface area contributed by atoms with Gasteiger partial charge in [-0.15, -0.1) is 6.58 Å². The zero-order valence-corrected chi connectivity index (χ0v) is 14.6. The van der Waals surface area contributed by atoms with Crippen LogP contribution in [0.15, 0.2) is 36.7 Å². The van der Waals surface area contributed by atoms with Gasteiger partial charge in [-0.3, -0.25) is 0 Å². The third kappa shape index (κ3) is 8.36. The highest BCUT2D eigenvalue weighted by Crippen LogP contribution is 2.25. The molecule has 0 aliphatic carbocycles. The van der Waals surface area contributed by atoms with Gasteiger partial charge >= 0.3 is 0 Å². The van der Waals surface area contributed by atoms with Crippen molar-refractivity contribution in [1.82, 2.24) is 9.62 Å². The fraction of sp³-hybridized carbons (Fsp3) is 0.647. The Morgan fingerprint density at radius 2 is 1.90 bits per heavy atom. The summed E-state index contributed by atoms with van der Waals surface area (Å²) in [6, 6.07) is 0. The van der Waals surface area contributed by atoms with Gasteiger partial charge in [-0.1, -0.05) is 57.4 Å². The standard InChI is InChI=1S/C17H32N2S/c1-8-9-10-11-18-16(5)13-19(20-7)17(6)15(4)12-14(2)3/h15,18H,2,5-6,8-13H2,1,3-4,7H3. The second-order valence-corrected chi connectivity index (χ2v) is 6.32.